The van der Waals surface area contributed by atoms with Crippen molar-refractivity contribution < 1.29 is 28.5 Å². The fraction of sp³-hybridized carbons (Fsp3) is 0.455. The third-order valence-electron chi connectivity index (χ3n) is 4.79. The highest BCUT2D eigenvalue weighted by Crippen LogP contribution is 2.46. The molecule has 0 unspecified atom stereocenters. The molecule has 3 N–H and O–H groups in total. The Balaban J connectivity index is 2.61. The van der Waals surface area contributed by atoms with Crippen LogP contribution in [0.3, 0.4) is 0 Å². The van der Waals surface area contributed by atoms with Crippen molar-refractivity contribution in [2.24, 2.45) is 5.73 Å². The number of halogens is 3. The zero-order valence-electron chi connectivity index (χ0n) is 18.6. The molecule has 0 aromatic heterocycles. The third-order valence-corrected chi connectivity index (χ3v) is 5.94. The molecule has 1 atom stereocenters. The Hall–Kier alpha value is -1.81. The van der Waals surface area contributed by atoms with Crippen molar-refractivity contribution in [2.75, 3.05) is 46.7 Å². The molecule has 0 radical (unpaired) electrons. The van der Waals surface area contributed by atoms with Crippen LogP contribution >= 0.6 is 34.8 Å². The minimum atomic E-state index is -0.997. The van der Waals surface area contributed by atoms with Gasteiger partial charge in [-0.3, -0.25) is 0 Å². The van der Waals surface area contributed by atoms with E-state index in [9.17, 15) is 9.59 Å². The molecule has 2 rings (SSSR count). The van der Waals surface area contributed by atoms with E-state index in [1.54, 1.807) is 19.9 Å². The summed E-state index contributed by atoms with van der Waals surface area (Å²) in [6.07, 6.45) is 0. The molecule has 11 heteroatoms. The first-order valence-electron chi connectivity index (χ1n) is 10.2. The first kappa shape index (κ1) is 27.4. The lowest BCUT2D eigenvalue weighted by Crippen LogP contribution is -2.35. The number of benzene rings is 1. The predicted molar refractivity (Wildman–Crippen MR) is 126 cm³/mol. The summed E-state index contributed by atoms with van der Waals surface area (Å²) in [4.78, 5) is 25.9. The van der Waals surface area contributed by atoms with E-state index in [-0.39, 0.29) is 46.0 Å². The Kier molecular flexibility index (Phi) is 11.0. The number of hydrogen-bond donors (Lipinski definition) is 2. The van der Waals surface area contributed by atoms with Gasteiger partial charge in [0.1, 0.15) is 0 Å². The van der Waals surface area contributed by atoms with E-state index in [2.05, 4.69) is 5.32 Å². The molecule has 0 fully saturated rings. The average molecular weight is 522 g/mol. The maximum atomic E-state index is 13.1. The molecule has 1 aliphatic rings. The summed E-state index contributed by atoms with van der Waals surface area (Å²) in [5, 5.41) is 3.63. The first-order valence-corrected chi connectivity index (χ1v) is 11.4. The second-order valence-corrected chi connectivity index (χ2v) is 8.10. The average Bonchev–Trinajstić information content (AvgIpc) is 2.78. The molecule has 33 heavy (non-hydrogen) atoms. The van der Waals surface area contributed by atoms with E-state index in [1.807, 2.05) is 0 Å². The number of methoxy groups -OCH3 is 1. The summed E-state index contributed by atoms with van der Waals surface area (Å²) >= 11 is 19.3. The van der Waals surface area contributed by atoms with Crippen molar-refractivity contribution in [3.8, 4) is 0 Å². The Morgan fingerprint density at radius 3 is 2.33 bits per heavy atom. The summed E-state index contributed by atoms with van der Waals surface area (Å²) in [7, 11) is 1.24. The summed E-state index contributed by atoms with van der Waals surface area (Å²) < 4.78 is 21.3. The fourth-order valence-corrected chi connectivity index (χ4v) is 4.17. The molecule has 8 nitrogen and oxygen atoms in total. The molecule has 1 aliphatic heterocycles. The molecule has 0 amide bonds. The SMILES string of the molecule is CCOC(=O)C1=C(COCCOCCN)NC(C)=C(C(=O)OC)[C@H]1c1c(Cl)ccc(Cl)c1Cl. The number of ether oxygens (including phenoxy) is 4. The maximum absolute atomic E-state index is 13.1. The van der Waals surface area contributed by atoms with Crippen LogP contribution in [0.2, 0.25) is 15.1 Å². The largest absolute Gasteiger partial charge is 0.466 e. The van der Waals surface area contributed by atoms with Gasteiger partial charge in [0.05, 0.1) is 73.0 Å². The number of allylic oxidation sites excluding steroid dienone is 1. The van der Waals surface area contributed by atoms with Crippen molar-refractivity contribution in [3.63, 3.8) is 0 Å². The number of rotatable bonds is 11. The van der Waals surface area contributed by atoms with Crippen LogP contribution in [0.4, 0.5) is 0 Å². The third kappa shape index (κ3) is 6.62. The summed E-state index contributed by atoms with van der Waals surface area (Å²) in [5.74, 6) is -2.31. The van der Waals surface area contributed by atoms with Crippen LogP contribution in [0, 0.1) is 0 Å². The van der Waals surface area contributed by atoms with Gasteiger partial charge in [0.25, 0.3) is 0 Å². The van der Waals surface area contributed by atoms with Crippen molar-refractivity contribution in [1.29, 1.82) is 0 Å². The fourth-order valence-electron chi connectivity index (χ4n) is 3.41. The highest BCUT2D eigenvalue weighted by molar-refractivity contribution is 6.44. The predicted octanol–water partition coefficient (Wildman–Crippen LogP) is 3.59. The summed E-state index contributed by atoms with van der Waals surface area (Å²) in [5.41, 5.74) is 6.82. The highest BCUT2D eigenvalue weighted by atomic mass is 35.5. The van der Waals surface area contributed by atoms with Gasteiger partial charge in [-0.05, 0) is 26.0 Å². The molecule has 1 aromatic rings. The van der Waals surface area contributed by atoms with Gasteiger partial charge in [-0.25, -0.2) is 9.59 Å². The van der Waals surface area contributed by atoms with Crippen molar-refractivity contribution in [1.82, 2.24) is 5.32 Å². The van der Waals surface area contributed by atoms with Gasteiger partial charge in [-0.15, -0.1) is 0 Å². The quantitative estimate of drug-likeness (QED) is 0.258. The normalized spacial score (nSPS) is 16.0. The number of nitrogens with one attached hydrogen (secondary N) is 1. The molecular weight excluding hydrogens is 495 g/mol. The van der Waals surface area contributed by atoms with Crippen LogP contribution in [0.15, 0.2) is 34.7 Å². The van der Waals surface area contributed by atoms with Gasteiger partial charge in [0.15, 0.2) is 0 Å². The van der Waals surface area contributed by atoms with Crippen LogP contribution in [0.25, 0.3) is 0 Å². The van der Waals surface area contributed by atoms with E-state index < -0.39 is 17.9 Å². The molecule has 0 spiro atoms. The second kappa shape index (κ2) is 13.2. The molecule has 1 heterocycles. The Morgan fingerprint density at radius 1 is 1.03 bits per heavy atom. The second-order valence-electron chi connectivity index (χ2n) is 6.91. The van der Waals surface area contributed by atoms with Crippen LogP contribution in [0.5, 0.6) is 0 Å². The molecule has 0 bridgehead atoms. The Bertz CT molecular complexity index is 948. The van der Waals surface area contributed by atoms with Crippen LogP contribution in [-0.4, -0.2) is 58.6 Å². The maximum Gasteiger partial charge on any atom is 0.336 e. The number of dihydropyridines is 1. The zero-order chi connectivity index (χ0) is 24.5. The lowest BCUT2D eigenvalue weighted by atomic mass is 9.80. The molecule has 0 saturated carbocycles. The number of esters is 2. The van der Waals surface area contributed by atoms with Crippen LogP contribution in [-0.2, 0) is 28.5 Å². The van der Waals surface area contributed by atoms with Gasteiger partial charge in [0.2, 0.25) is 0 Å². The smallest absolute Gasteiger partial charge is 0.336 e. The minimum absolute atomic E-state index is 0.0121. The monoisotopic (exact) mass is 520 g/mol. The van der Waals surface area contributed by atoms with Crippen LogP contribution < -0.4 is 11.1 Å². The molecule has 182 valence electrons. The van der Waals surface area contributed by atoms with Gasteiger partial charge in [0, 0.05) is 22.8 Å². The van der Waals surface area contributed by atoms with E-state index in [4.69, 9.17) is 59.5 Å². The number of nitrogens with two attached hydrogens (primary N) is 1. The van der Waals surface area contributed by atoms with Crippen LogP contribution in [0.1, 0.15) is 25.3 Å². The topological polar surface area (TPSA) is 109 Å². The Labute approximate surface area is 207 Å². The van der Waals surface area contributed by atoms with Crippen molar-refractivity contribution >= 4 is 46.7 Å². The van der Waals surface area contributed by atoms with Gasteiger partial charge in [-0.2, -0.15) is 0 Å². The number of hydrogen-bond acceptors (Lipinski definition) is 8. The summed E-state index contributed by atoms with van der Waals surface area (Å²) in [6, 6.07) is 3.08. The van der Waals surface area contributed by atoms with Crippen molar-refractivity contribution in [3.05, 3.63) is 55.3 Å². The number of carbonyl (C=O) groups is 2. The van der Waals surface area contributed by atoms with Gasteiger partial charge >= 0.3 is 11.9 Å². The zero-order valence-corrected chi connectivity index (χ0v) is 20.9. The van der Waals surface area contributed by atoms with E-state index in [1.165, 1.54) is 13.2 Å². The standard InChI is InChI=1S/C22H27Cl3N2O6/c1-4-33-22(29)18-15(11-32-10-9-31-8-7-26)27-12(2)16(21(28)30-3)19(18)17-13(23)5-6-14(24)20(17)25/h5-6,19,27H,4,7-11,26H2,1-3H3/t19-/m0/s1. The lowest BCUT2D eigenvalue weighted by molar-refractivity contribution is -0.139. The highest BCUT2D eigenvalue weighted by Gasteiger charge is 2.41. The molecular formula is C22H27Cl3N2O6. The lowest BCUT2D eigenvalue weighted by Gasteiger charge is -2.32. The minimum Gasteiger partial charge on any atom is -0.466 e. The van der Waals surface area contributed by atoms with E-state index in [0.717, 1.165) is 0 Å². The van der Waals surface area contributed by atoms with E-state index in [0.29, 0.717) is 36.7 Å². The molecule has 0 aliphatic carbocycles. The molecule has 0 saturated heterocycles. The summed E-state index contributed by atoms with van der Waals surface area (Å²) in [6.45, 7) is 4.89. The van der Waals surface area contributed by atoms with Gasteiger partial charge in [-0.1, -0.05) is 34.8 Å². The molecule has 1 aromatic carbocycles. The van der Waals surface area contributed by atoms with Crippen molar-refractivity contribution in [2.45, 2.75) is 19.8 Å². The number of carbonyl (C=O) groups excluding carboxylic acids is 2. The van der Waals surface area contributed by atoms with Gasteiger partial charge < -0.3 is 30.0 Å². The first-order chi connectivity index (χ1) is 15.8. The Morgan fingerprint density at radius 2 is 1.70 bits per heavy atom. The van der Waals surface area contributed by atoms with E-state index >= 15 is 0 Å².